The van der Waals surface area contributed by atoms with Crippen LogP contribution in [0.3, 0.4) is 0 Å². The van der Waals surface area contributed by atoms with E-state index in [1.807, 2.05) is 0 Å². The fourth-order valence-electron chi connectivity index (χ4n) is 0.834. The van der Waals surface area contributed by atoms with Gasteiger partial charge in [-0.15, -0.1) is 16.4 Å². The minimum atomic E-state index is -0.318. The summed E-state index contributed by atoms with van der Waals surface area (Å²) in [7, 11) is 1.36. The molecule has 0 fully saturated rings. The number of aromatic nitrogens is 2. The number of nitrogens with zero attached hydrogens (tertiary/aromatic N) is 2. The fourth-order valence-corrected chi connectivity index (χ4v) is 2.52. The van der Waals surface area contributed by atoms with Crippen LogP contribution in [0.15, 0.2) is 5.38 Å². The highest BCUT2D eigenvalue weighted by molar-refractivity contribution is 7.21. The zero-order valence-corrected chi connectivity index (χ0v) is 7.74. The Balaban J connectivity index is 2.61. The van der Waals surface area contributed by atoms with Gasteiger partial charge in [0, 0.05) is 5.38 Å². The van der Waals surface area contributed by atoms with Crippen LogP contribution < -0.4 is 0 Å². The molecular formula is C6H4N2O2S2. The Morgan fingerprint density at radius 1 is 1.67 bits per heavy atom. The van der Waals surface area contributed by atoms with Gasteiger partial charge >= 0.3 is 5.97 Å². The summed E-state index contributed by atoms with van der Waals surface area (Å²) in [6.45, 7) is 0. The smallest absolute Gasteiger partial charge is 0.349 e. The zero-order valence-electron chi connectivity index (χ0n) is 6.10. The first-order valence-electron chi connectivity index (χ1n) is 3.11. The van der Waals surface area contributed by atoms with Gasteiger partial charge in [0.05, 0.1) is 7.11 Å². The Kier molecular flexibility index (Phi) is 1.78. The number of thiophene rings is 1. The predicted molar refractivity (Wildman–Crippen MR) is 46.6 cm³/mol. The molecule has 12 heavy (non-hydrogen) atoms. The monoisotopic (exact) mass is 200 g/mol. The van der Waals surface area contributed by atoms with Crippen LogP contribution in [-0.2, 0) is 4.74 Å². The van der Waals surface area contributed by atoms with Crippen LogP contribution in [0, 0.1) is 0 Å². The lowest BCUT2D eigenvalue weighted by molar-refractivity contribution is 0.0608. The molecule has 0 saturated heterocycles. The normalized spacial score (nSPS) is 10.4. The molecule has 6 heteroatoms. The minimum absolute atomic E-state index is 0.318. The van der Waals surface area contributed by atoms with E-state index < -0.39 is 0 Å². The number of methoxy groups -OCH3 is 1. The molecular weight excluding hydrogens is 196 g/mol. The summed E-state index contributed by atoms with van der Waals surface area (Å²) >= 11 is 2.55. The van der Waals surface area contributed by atoms with Gasteiger partial charge in [-0.3, -0.25) is 0 Å². The average molecular weight is 200 g/mol. The highest BCUT2D eigenvalue weighted by Gasteiger charge is 2.15. The van der Waals surface area contributed by atoms with Gasteiger partial charge in [0.15, 0.2) is 0 Å². The van der Waals surface area contributed by atoms with Crippen LogP contribution >= 0.6 is 22.9 Å². The number of esters is 1. The summed E-state index contributed by atoms with van der Waals surface area (Å²) in [6.07, 6.45) is 0. The van der Waals surface area contributed by atoms with Crippen molar-refractivity contribution in [2.24, 2.45) is 0 Å². The molecule has 2 rings (SSSR count). The van der Waals surface area contributed by atoms with E-state index in [1.165, 1.54) is 30.0 Å². The van der Waals surface area contributed by atoms with Crippen molar-refractivity contribution in [1.82, 2.24) is 9.59 Å². The summed E-state index contributed by atoms with van der Waals surface area (Å²) in [4.78, 5) is 11.7. The molecule has 2 heterocycles. The van der Waals surface area contributed by atoms with Gasteiger partial charge < -0.3 is 4.74 Å². The van der Waals surface area contributed by atoms with Crippen molar-refractivity contribution in [2.75, 3.05) is 7.11 Å². The van der Waals surface area contributed by atoms with Crippen molar-refractivity contribution in [3.05, 3.63) is 10.3 Å². The van der Waals surface area contributed by atoms with E-state index in [4.69, 9.17) is 0 Å². The van der Waals surface area contributed by atoms with Crippen molar-refractivity contribution in [3.63, 3.8) is 0 Å². The second-order valence-corrected chi connectivity index (χ2v) is 3.68. The molecule has 0 unspecified atom stereocenters. The molecule has 0 spiro atoms. The Morgan fingerprint density at radius 2 is 2.50 bits per heavy atom. The van der Waals surface area contributed by atoms with Gasteiger partial charge in [-0.2, -0.15) is 0 Å². The fraction of sp³-hybridized carbons (Fsp3) is 0.167. The van der Waals surface area contributed by atoms with Crippen LogP contribution in [0.25, 0.3) is 10.2 Å². The number of hydrogen-bond acceptors (Lipinski definition) is 6. The summed E-state index contributed by atoms with van der Waals surface area (Å²) < 4.78 is 9.14. The third kappa shape index (κ3) is 0.997. The van der Waals surface area contributed by atoms with Crippen LogP contribution in [0.2, 0.25) is 0 Å². The van der Waals surface area contributed by atoms with Gasteiger partial charge in [0.1, 0.15) is 15.1 Å². The summed E-state index contributed by atoms with van der Waals surface area (Å²) in [5.41, 5.74) is 0.769. The third-order valence-corrected chi connectivity index (χ3v) is 3.21. The van der Waals surface area contributed by atoms with E-state index in [0.29, 0.717) is 4.88 Å². The Labute approximate surface area is 75.9 Å². The molecule has 0 atom stereocenters. The Bertz CT molecular complexity index is 420. The molecule has 0 bridgehead atoms. The number of rotatable bonds is 1. The average Bonchev–Trinajstić information content (AvgIpc) is 2.62. The molecule has 0 amide bonds. The van der Waals surface area contributed by atoms with Crippen LogP contribution in [-0.4, -0.2) is 22.7 Å². The van der Waals surface area contributed by atoms with Gasteiger partial charge in [-0.1, -0.05) is 4.49 Å². The van der Waals surface area contributed by atoms with Crippen LogP contribution in [0.4, 0.5) is 0 Å². The Morgan fingerprint density at radius 3 is 3.25 bits per heavy atom. The molecule has 0 aliphatic heterocycles. The van der Waals surface area contributed by atoms with E-state index in [2.05, 4.69) is 14.3 Å². The van der Waals surface area contributed by atoms with Crippen molar-refractivity contribution in [3.8, 4) is 0 Å². The van der Waals surface area contributed by atoms with Crippen molar-refractivity contribution >= 4 is 39.1 Å². The first kappa shape index (κ1) is 7.63. The van der Waals surface area contributed by atoms with Crippen molar-refractivity contribution in [2.45, 2.75) is 0 Å². The molecule has 0 aromatic carbocycles. The van der Waals surface area contributed by atoms with E-state index in [-0.39, 0.29) is 5.97 Å². The molecule has 0 saturated carbocycles. The van der Waals surface area contributed by atoms with Crippen LogP contribution in [0.1, 0.15) is 9.67 Å². The van der Waals surface area contributed by atoms with Crippen LogP contribution in [0.5, 0.6) is 0 Å². The van der Waals surface area contributed by atoms with Crippen molar-refractivity contribution < 1.29 is 9.53 Å². The maximum Gasteiger partial charge on any atom is 0.349 e. The number of fused-ring (bicyclic) bond motifs is 1. The first-order chi connectivity index (χ1) is 5.83. The maximum absolute atomic E-state index is 11.1. The van der Waals surface area contributed by atoms with Gasteiger partial charge in [0.25, 0.3) is 0 Å². The quantitative estimate of drug-likeness (QED) is 0.655. The highest BCUT2D eigenvalue weighted by atomic mass is 32.1. The number of ether oxygens (including phenoxy) is 1. The van der Waals surface area contributed by atoms with E-state index in [0.717, 1.165) is 10.2 Å². The molecule has 0 aliphatic rings. The summed E-state index contributed by atoms with van der Waals surface area (Å²) in [6, 6.07) is 0. The summed E-state index contributed by atoms with van der Waals surface area (Å²) in [5.74, 6) is -0.318. The molecule has 0 radical (unpaired) electrons. The zero-order chi connectivity index (χ0) is 8.55. The maximum atomic E-state index is 11.1. The standard InChI is InChI=1S/C6H4N2O2S2/c1-10-6(9)5-4-3(2-11-5)7-8-12-4/h2H,1H3. The minimum Gasteiger partial charge on any atom is -0.465 e. The second-order valence-electron chi connectivity index (χ2n) is 2.04. The molecule has 2 aromatic rings. The molecule has 62 valence electrons. The number of carbonyl (C=O) groups excluding carboxylic acids is 1. The molecule has 0 aliphatic carbocycles. The highest BCUT2D eigenvalue weighted by Crippen LogP contribution is 2.27. The number of hydrogen-bond donors (Lipinski definition) is 0. The SMILES string of the molecule is COC(=O)c1scc2nnsc12. The molecule has 4 nitrogen and oxygen atoms in total. The largest absolute Gasteiger partial charge is 0.465 e. The topological polar surface area (TPSA) is 52.1 Å². The van der Waals surface area contributed by atoms with Gasteiger partial charge in [-0.05, 0) is 11.5 Å². The van der Waals surface area contributed by atoms with E-state index in [9.17, 15) is 4.79 Å². The lowest BCUT2D eigenvalue weighted by Gasteiger charge is -1.91. The lowest BCUT2D eigenvalue weighted by Crippen LogP contribution is -1.97. The predicted octanol–water partition coefficient (Wildman–Crippen LogP) is 1.54. The first-order valence-corrected chi connectivity index (χ1v) is 4.76. The van der Waals surface area contributed by atoms with E-state index in [1.54, 1.807) is 5.38 Å². The second kappa shape index (κ2) is 2.80. The summed E-state index contributed by atoms with van der Waals surface area (Å²) in [5, 5.41) is 5.62. The lowest BCUT2D eigenvalue weighted by atomic mass is 10.4. The van der Waals surface area contributed by atoms with Gasteiger partial charge in [-0.25, -0.2) is 4.79 Å². The molecule has 0 N–H and O–H groups in total. The number of carbonyl (C=O) groups is 1. The third-order valence-electron chi connectivity index (χ3n) is 1.38. The van der Waals surface area contributed by atoms with Crippen molar-refractivity contribution in [1.29, 1.82) is 0 Å². The van der Waals surface area contributed by atoms with E-state index >= 15 is 0 Å². The van der Waals surface area contributed by atoms with Gasteiger partial charge in [0.2, 0.25) is 0 Å². The molecule has 2 aromatic heterocycles. The Hall–Kier alpha value is -1.01.